The van der Waals surface area contributed by atoms with Crippen molar-refractivity contribution in [2.45, 2.75) is 31.1 Å². The van der Waals surface area contributed by atoms with Crippen molar-refractivity contribution in [3.8, 4) is 5.75 Å². The SMILES string of the molecule is CO[C@H]1CCN(C(=O)COc2ccc(F)cc2)[C@H]2CCO[C@H]12. The lowest BCUT2D eigenvalue weighted by molar-refractivity contribution is -0.145. The number of halogens is 1. The monoisotopic (exact) mass is 309 g/mol. The number of carbonyl (C=O) groups excluding carboxylic acids is 1. The minimum atomic E-state index is -0.328. The fourth-order valence-corrected chi connectivity index (χ4v) is 3.21. The highest BCUT2D eigenvalue weighted by atomic mass is 19.1. The number of carbonyl (C=O) groups is 1. The quantitative estimate of drug-likeness (QED) is 0.848. The third-order valence-corrected chi connectivity index (χ3v) is 4.32. The van der Waals surface area contributed by atoms with Crippen molar-refractivity contribution in [1.29, 1.82) is 0 Å². The van der Waals surface area contributed by atoms with E-state index in [9.17, 15) is 9.18 Å². The maximum atomic E-state index is 12.8. The molecule has 3 atom stereocenters. The summed E-state index contributed by atoms with van der Waals surface area (Å²) in [5.41, 5.74) is 0. The molecule has 2 heterocycles. The molecule has 0 N–H and O–H groups in total. The Balaban J connectivity index is 1.59. The molecule has 2 aliphatic rings. The average molecular weight is 309 g/mol. The van der Waals surface area contributed by atoms with Crippen molar-refractivity contribution in [2.24, 2.45) is 0 Å². The number of rotatable bonds is 4. The summed E-state index contributed by atoms with van der Waals surface area (Å²) in [6, 6.07) is 5.71. The molecule has 1 amide bonds. The molecule has 0 saturated carbocycles. The summed E-state index contributed by atoms with van der Waals surface area (Å²) in [7, 11) is 1.68. The van der Waals surface area contributed by atoms with Gasteiger partial charge < -0.3 is 19.1 Å². The molecule has 2 saturated heterocycles. The van der Waals surface area contributed by atoms with Crippen LogP contribution in [0.25, 0.3) is 0 Å². The van der Waals surface area contributed by atoms with Crippen LogP contribution in [0, 0.1) is 5.82 Å². The molecule has 2 aliphatic heterocycles. The van der Waals surface area contributed by atoms with Crippen LogP contribution in [0.1, 0.15) is 12.8 Å². The molecule has 0 aromatic heterocycles. The van der Waals surface area contributed by atoms with E-state index in [1.165, 1.54) is 24.3 Å². The lowest BCUT2D eigenvalue weighted by Crippen LogP contribution is -2.56. The molecule has 0 aliphatic carbocycles. The highest BCUT2D eigenvalue weighted by Crippen LogP contribution is 2.30. The summed E-state index contributed by atoms with van der Waals surface area (Å²) >= 11 is 0. The van der Waals surface area contributed by atoms with Gasteiger partial charge in [0.15, 0.2) is 6.61 Å². The Hall–Kier alpha value is -1.66. The molecule has 0 radical (unpaired) electrons. The van der Waals surface area contributed by atoms with E-state index < -0.39 is 0 Å². The molecule has 1 aromatic carbocycles. The van der Waals surface area contributed by atoms with Crippen molar-refractivity contribution in [3.63, 3.8) is 0 Å². The van der Waals surface area contributed by atoms with Gasteiger partial charge in [-0.15, -0.1) is 0 Å². The first-order valence-electron chi connectivity index (χ1n) is 7.51. The van der Waals surface area contributed by atoms with E-state index in [0.29, 0.717) is 18.9 Å². The van der Waals surface area contributed by atoms with Crippen LogP contribution in [0.15, 0.2) is 24.3 Å². The molecule has 5 nitrogen and oxygen atoms in total. The largest absolute Gasteiger partial charge is 0.484 e. The molecule has 0 spiro atoms. The molecule has 0 bridgehead atoms. The fourth-order valence-electron chi connectivity index (χ4n) is 3.21. The fraction of sp³-hybridized carbons (Fsp3) is 0.562. The molecule has 22 heavy (non-hydrogen) atoms. The van der Waals surface area contributed by atoms with Crippen LogP contribution >= 0.6 is 0 Å². The summed E-state index contributed by atoms with van der Waals surface area (Å²) in [6.45, 7) is 1.25. The van der Waals surface area contributed by atoms with Gasteiger partial charge in [0, 0.05) is 20.3 Å². The van der Waals surface area contributed by atoms with Crippen molar-refractivity contribution in [1.82, 2.24) is 4.90 Å². The predicted octanol–water partition coefficient (Wildman–Crippen LogP) is 1.61. The number of nitrogens with zero attached hydrogens (tertiary/aromatic N) is 1. The molecule has 6 heteroatoms. The lowest BCUT2D eigenvalue weighted by atomic mass is 9.95. The Morgan fingerprint density at radius 1 is 1.36 bits per heavy atom. The number of piperidine rings is 1. The Kier molecular flexibility index (Phi) is 4.59. The topological polar surface area (TPSA) is 48.0 Å². The minimum absolute atomic E-state index is 0.0477. The van der Waals surface area contributed by atoms with Gasteiger partial charge in [-0.25, -0.2) is 4.39 Å². The van der Waals surface area contributed by atoms with Crippen LogP contribution < -0.4 is 4.74 Å². The standard InChI is InChI=1S/C16H20FNO4/c1-20-14-6-8-18(13-7-9-21-16(13)14)15(19)10-22-12-4-2-11(17)3-5-12/h2-5,13-14,16H,6-10H2,1H3/t13-,14-,16-/m0/s1. The number of ether oxygens (including phenoxy) is 3. The normalized spacial score (nSPS) is 27.5. The Morgan fingerprint density at radius 2 is 2.14 bits per heavy atom. The van der Waals surface area contributed by atoms with Gasteiger partial charge in [-0.2, -0.15) is 0 Å². The summed E-state index contributed by atoms with van der Waals surface area (Å²) in [5, 5.41) is 0. The molecule has 1 aromatic rings. The van der Waals surface area contributed by atoms with Crippen LogP contribution in [0.3, 0.4) is 0 Å². The number of methoxy groups -OCH3 is 1. The zero-order valence-electron chi connectivity index (χ0n) is 12.5. The Labute approximate surface area is 128 Å². The molecule has 120 valence electrons. The molecule has 3 rings (SSSR count). The third kappa shape index (κ3) is 3.08. The number of amides is 1. The first-order chi connectivity index (χ1) is 10.7. The molecule has 0 unspecified atom stereocenters. The van der Waals surface area contributed by atoms with Gasteiger partial charge in [0.05, 0.1) is 12.1 Å². The van der Waals surface area contributed by atoms with Crippen molar-refractivity contribution >= 4 is 5.91 Å². The van der Waals surface area contributed by atoms with Gasteiger partial charge in [-0.05, 0) is 37.1 Å². The highest BCUT2D eigenvalue weighted by molar-refractivity contribution is 5.78. The van der Waals surface area contributed by atoms with Gasteiger partial charge in [-0.3, -0.25) is 4.79 Å². The van der Waals surface area contributed by atoms with Crippen LogP contribution in [0.4, 0.5) is 4.39 Å². The predicted molar refractivity (Wildman–Crippen MR) is 77.2 cm³/mol. The Bertz CT molecular complexity index is 521. The summed E-state index contributed by atoms with van der Waals surface area (Å²) in [6.07, 6.45) is 1.59. The second-order valence-corrected chi connectivity index (χ2v) is 5.58. The second kappa shape index (κ2) is 6.62. The zero-order valence-corrected chi connectivity index (χ0v) is 12.5. The number of hydrogen-bond acceptors (Lipinski definition) is 4. The highest BCUT2D eigenvalue weighted by Gasteiger charge is 2.44. The van der Waals surface area contributed by atoms with Gasteiger partial charge >= 0.3 is 0 Å². The van der Waals surface area contributed by atoms with E-state index in [1.54, 1.807) is 7.11 Å². The van der Waals surface area contributed by atoms with E-state index in [-0.39, 0.29) is 36.6 Å². The second-order valence-electron chi connectivity index (χ2n) is 5.58. The maximum Gasteiger partial charge on any atom is 0.260 e. The van der Waals surface area contributed by atoms with Crippen molar-refractivity contribution < 1.29 is 23.4 Å². The van der Waals surface area contributed by atoms with Crippen LogP contribution in [-0.2, 0) is 14.3 Å². The van der Waals surface area contributed by atoms with E-state index >= 15 is 0 Å². The van der Waals surface area contributed by atoms with E-state index in [4.69, 9.17) is 14.2 Å². The van der Waals surface area contributed by atoms with E-state index in [0.717, 1.165) is 12.8 Å². The average Bonchev–Trinajstić information content (AvgIpc) is 3.02. The summed E-state index contributed by atoms with van der Waals surface area (Å²) < 4.78 is 29.4. The minimum Gasteiger partial charge on any atom is -0.484 e. The van der Waals surface area contributed by atoms with Crippen LogP contribution in [-0.4, -0.2) is 55.9 Å². The summed E-state index contributed by atoms with van der Waals surface area (Å²) in [4.78, 5) is 14.2. The third-order valence-electron chi connectivity index (χ3n) is 4.32. The molecule has 2 fully saturated rings. The van der Waals surface area contributed by atoms with Crippen molar-refractivity contribution in [3.05, 3.63) is 30.1 Å². The van der Waals surface area contributed by atoms with Gasteiger partial charge in [0.2, 0.25) is 0 Å². The van der Waals surface area contributed by atoms with Gasteiger partial charge in [0.1, 0.15) is 17.7 Å². The Morgan fingerprint density at radius 3 is 2.86 bits per heavy atom. The smallest absolute Gasteiger partial charge is 0.260 e. The first-order valence-corrected chi connectivity index (χ1v) is 7.51. The van der Waals surface area contributed by atoms with Crippen LogP contribution in [0.2, 0.25) is 0 Å². The number of hydrogen-bond donors (Lipinski definition) is 0. The van der Waals surface area contributed by atoms with Gasteiger partial charge in [0.25, 0.3) is 5.91 Å². The van der Waals surface area contributed by atoms with E-state index in [2.05, 4.69) is 0 Å². The number of benzene rings is 1. The van der Waals surface area contributed by atoms with Gasteiger partial charge in [-0.1, -0.05) is 0 Å². The zero-order chi connectivity index (χ0) is 15.5. The molecular formula is C16H20FNO4. The lowest BCUT2D eigenvalue weighted by Gasteiger charge is -2.40. The number of likely N-dealkylation sites (tertiary alicyclic amines) is 1. The van der Waals surface area contributed by atoms with Crippen molar-refractivity contribution in [2.75, 3.05) is 26.9 Å². The number of fused-ring (bicyclic) bond motifs is 1. The maximum absolute atomic E-state index is 12.8. The first kappa shape index (κ1) is 15.2. The summed E-state index contributed by atoms with van der Waals surface area (Å²) in [5.74, 6) is 0.0892. The molecular weight excluding hydrogens is 289 g/mol. The van der Waals surface area contributed by atoms with Crippen LogP contribution in [0.5, 0.6) is 5.75 Å². The van der Waals surface area contributed by atoms with E-state index in [1.807, 2.05) is 4.90 Å².